The Morgan fingerprint density at radius 1 is 1.41 bits per heavy atom. The quantitative estimate of drug-likeness (QED) is 0.851. The first-order chi connectivity index (χ1) is 10.1. The zero-order valence-corrected chi connectivity index (χ0v) is 12.2. The van der Waals surface area contributed by atoms with Crippen LogP contribution in [-0.2, 0) is 6.61 Å². The van der Waals surface area contributed by atoms with Gasteiger partial charge in [0, 0.05) is 23.2 Å². The number of aliphatic hydroxyl groups is 1. The highest BCUT2D eigenvalue weighted by molar-refractivity contribution is 5.95. The van der Waals surface area contributed by atoms with Crippen molar-refractivity contribution in [3.05, 3.63) is 35.1 Å². The summed E-state index contributed by atoms with van der Waals surface area (Å²) in [5.74, 6) is -3.00. The fourth-order valence-electron chi connectivity index (χ4n) is 2.98. The number of carbonyl (C=O) groups is 1. The topological polar surface area (TPSA) is 40.5 Å². The Hall–Kier alpha value is -1.63. The molecule has 1 N–H and O–H groups in total. The minimum Gasteiger partial charge on any atom is -0.392 e. The number of likely N-dealkylation sites (tertiary alicyclic amines) is 1. The fourth-order valence-corrected chi connectivity index (χ4v) is 2.98. The molecule has 22 heavy (non-hydrogen) atoms. The summed E-state index contributed by atoms with van der Waals surface area (Å²) in [5, 5.41) is 8.91. The molecule has 1 amide bonds. The molecule has 1 atom stereocenters. The molecule has 0 aliphatic carbocycles. The highest BCUT2D eigenvalue weighted by Gasteiger charge is 2.56. The molecule has 122 valence electrons. The lowest BCUT2D eigenvalue weighted by molar-refractivity contribution is -0.189. The first-order valence-corrected chi connectivity index (χ1v) is 6.87. The molecule has 0 saturated carbocycles. The van der Waals surface area contributed by atoms with Crippen LogP contribution in [0, 0.1) is 11.7 Å². The molecule has 0 radical (unpaired) electrons. The summed E-state index contributed by atoms with van der Waals surface area (Å²) < 4.78 is 52.7. The molecule has 1 heterocycles. The maximum absolute atomic E-state index is 13.6. The lowest BCUT2D eigenvalue weighted by Crippen LogP contribution is -2.49. The number of benzene rings is 1. The average Bonchev–Trinajstić information content (AvgIpc) is 2.72. The van der Waals surface area contributed by atoms with E-state index < -0.39 is 36.0 Å². The Bertz CT molecular complexity index is 583. The zero-order chi connectivity index (χ0) is 16.7. The number of carbonyl (C=O) groups excluding carboxylic acids is 1. The van der Waals surface area contributed by atoms with Gasteiger partial charge in [0.25, 0.3) is 5.91 Å². The van der Waals surface area contributed by atoms with Crippen LogP contribution in [0.5, 0.6) is 0 Å². The first kappa shape index (κ1) is 16.7. The van der Waals surface area contributed by atoms with E-state index in [1.54, 1.807) is 0 Å². The molecular weight excluding hydrogens is 302 g/mol. The van der Waals surface area contributed by atoms with Crippen molar-refractivity contribution in [2.24, 2.45) is 5.92 Å². The van der Waals surface area contributed by atoms with E-state index in [1.807, 2.05) is 0 Å². The summed E-state index contributed by atoms with van der Waals surface area (Å²) in [7, 11) is 0. The molecule has 3 nitrogen and oxygen atoms in total. The Balaban J connectivity index is 2.29. The van der Waals surface area contributed by atoms with Gasteiger partial charge in [0.05, 0.1) is 12.5 Å². The van der Waals surface area contributed by atoms with Gasteiger partial charge < -0.3 is 10.0 Å². The Morgan fingerprint density at radius 2 is 2.05 bits per heavy atom. The van der Waals surface area contributed by atoms with E-state index in [-0.39, 0.29) is 24.1 Å². The van der Waals surface area contributed by atoms with Crippen molar-refractivity contribution < 1.29 is 27.5 Å². The first-order valence-electron chi connectivity index (χ1n) is 6.87. The van der Waals surface area contributed by atoms with Crippen molar-refractivity contribution in [2.75, 3.05) is 6.54 Å². The number of hydrogen-bond donors (Lipinski definition) is 1. The van der Waals surface area contributed by atoms with Gasteiger partial charge in [0.2, 0.25) is 0 Å². The predicted octanol–water partition coefficient (Wildman–Crippen LogP) is 3.12. The van der Waals surface area contributed by atoms with Crippen molar-refractivity contribution in [3.63, 3.8) is 0 Å². The van der Waals surface area contributed by atoms with Crippen LogP contribution in [0.25, 0.3) is 0 Å². The van der Waals surface area contributed by atoms with Crippen molar-refractivity contribution in [2.45, 2.75) is 38.6 Å². The van der Waals surface area contributed by atoms with E-state index in [4.69, 9.17) is 5.11 Å². The van der Waals surface area contributed by atoms with Crippen LogP contribution in [0.1, 0.15) is 36.2 Å². The van der Waals surface area contributed by atoms with E-state index >= 15 is 0 Å². The monoisotopic (exact) mass is 319 g/mol. The smallest absolute Gasteiger partial charge is 0.392 e. The zero-order valence-electron chi connectivity index (χ0n) is 12.2. The van der Waals surface area contributed by atoms with E-state index in [2.05, 4.69) is 0 Å². The summed E-state index contributed by atoms with van der Waals surface area (Å²) >= 11 is 0. The maximum Gasteiger partial charge on any atom is 0.394 e. The second kappa shape index (κ2) is 5.53. The Kier molecular flexibility index (Phi) is 4.21. The fraction of sp³-hybridized carbons (Fsp3) is 0.533. The van der Waals surface area contributed by atoms with E-state index in [0.29, 0.717) is 0 Å². The molecule has 0 aromatic heterocycles. The van der Waals surface area contributed by atoms with Gasteiger partial charge in [-0.15, -0.1) is 0 Å². The van der Waals surface area contributed by atoms with Crippen LogP contribution < -0.4 is 0 Å². The molecule has 1 aromatic rings. The normalized spacial score (nSPS) is 21.2. The summed E-state index contributed by atoms with van der Waals surface area (Å²) in [6, 6.07) is 3.52. The summed E-state index contributed by atoms with van der Waals surface area (Å²) in [4.78, 5) is 13.6. The lowest BCUT2D eigenvalue weighted by atomic mass is 9.87. The number of alkyl halides is 3. The molecule has 0 unspecified atom stereocenters. The largest absolute Gasteiger partial charge is 0.394 e. The number of halogens is 4. The highest BCUT2D eigenvalue weighted by Crippen LogP contribution is 2.45. The number of nitrogens with zero attached hydrogens (tertiary/aromatic N) is 1. The molecule has 1 aliphatic rings. The van der Waals surface area contributed by atoms with Gasteiger partial charge in [-0.25, -0.2) is 4.39 Å². The third-order valence-corrected chi connectivity index (χ3v) is 4.30. The van der Waals surface area contributed by atoms with Crippen LogP contribution >= 0.6 is 0 Å². The van der Waals surface area contributed by atoms with Gasteiger partial charge in [0.1, 0.15) is 5.82 Å². The third kappa shape index (κ3) is 2.82. The molecule has 1 saturated heterocycles. The number of rotatable bonds is 2. The number of hydrogen-bond acceptors (Lipinski definition) is 2. The standard InChI is InChI=1S/C15H17F4NO2/c1-14(2)12(15(17,18)19)5-6-20(14)13(22)9-3-4-10(8-21)11(16)7-9/h3-4,7,12,21H,5-6,8H2,1-2H3/t12-/m1/s1. The van der Waals surface area contributed by atoms with Crippen LogP contribution in [0.3, 0.4) is 0 Å². The number of aliphatic hydroxyl groups excluding tert-OH is 1. The minimum absolute atomic E-state index is 0.0226. The Morgan fingerprint density at radius 3 is 2.50 bits per heavy atom. The molecule has 1 aromatic carbocycles. The molecule has 1 fully saturated rings. The number of amides is 1. The molecule has 0 bridgehead atoms. The van der Waals surface area contributed by atoms with Crippen LogP contribution in [0.2, 0.25) is 0 Å². The predicted molar refractivity (Wildman–Crippen MR) is 71.6 cm³/mol. The molecular formula is C15H17F4NO2. The van der Waals surface area contributed by atoms with Crippen LogP contribution in [0.15, 0.2) is 18.2 Å². The summed E-state index contributed by atoms with van der Waals surface area (Å²) in [5.41, 5.74) is -1.38. The van der Waals surface area contributed by atoms with Crippen molar-refractivity contribution >= 4 is 5.91 Å². The van der Waals surface area contributed by atoms with Gasteiger partial charge >= 0.3 is 6.18 Å². The highest BCUT2D eigenvalue weighted by atomic mass is 19.4. The second-order valence-corrected chi connectivity index (χ2v) is 5.96. The molecule has 7 heteroatoms. The Labute approximate surface area is 125 Å². The van der Waals surface area contributed by atoms with Gasteiger partial charge in [-0.1, -0.05) is 6.07 Å². The second-order valence-electron chi connectivity index (χ2n) is 5.96. The van der Waals surface area contributed by atoms with Gasteiger partial charge in [-0.2, -0.15) is 13.2 Å². The van der Waals surface area contributed by atoms with Gasteiger partial charge in [0.15, 0.2) is 0 Å². The van der Waals surface area contributed by atoms with E-state index in [0.717, 1.165) is 11.0 Å². The van der Waals surface area contributed by atoms with Crippen LogP contribution in [0.4, 0.5) is 17.6 Å². The maximum atomic E-state index is 13.6. The van der Waals surface area contributed by atoms with Gasteiger partial charge in [-0.3, -0.25) is 4.79 Å². The molecule has 0 spiro atoms. The average molecular weight is 319 g/mol. The molecule has 2 rings (SSSR count). The van der Waals surface area contributed by atoms with Crippen molar-refractivity contribution in [1.29, 1.82) is 0 Å². The van der Waals surface area contributed by atoms with Crippen molar-refractivity contribution in [1.82, 2.24) is 4.90 Å². The lowest BCUT2D eigenvalue weighted by Gasteiger charge is -2.36. The van der Waals surface area contributed by atoms with Gasteiger partial charge in [-0.05, 0) is 32.4 Å². The minimum atomic E-state index is -4.38. The summed E-state index contributed by atoms with van der Waals surface area (Å²) in [6.45, 7) is 2.20. The van der Waals surface area contributed by atoms with E-state index in [9.17, 15) is 22.4 Å². The SMILES string of the molecule is CC1(C)[C@H](C(F)(F)F)CCN1C(=O)c1ccc(CO)c(F)c1. The van der Waals surface area contributed by atoms with Crippen LogP contribution in [-0.4, -0.2) is 34.2 Å². The third-order valence-electron chi connectivity index (χ3n) is 4.30. The molecule has 1 aliphatic heterocycles. The van der Waals surface area contributed by atoms with Crippen molar-refractivity contribution in [3.8, 4) is 0 Å². The summed E-state index contributed by atoms with van der Waals surface area (Å²) in [6.07, 6.45) is -4.55. The van der Waals surface area contributed by atoms with E-state index in [1.165, 1.54) is 26.0 Å².